The van der Waals surface area contributed by atoms with Crippen LogP contribution in [-0.4, -0.2) is 12.6 Å². The highest BCUT2D eigenvalue weighted by molar-refractivity contribution is 9.10. The highest BCUT2D eigenvalue weighted by Crippen LogP contribution is 2.31. The van der Waals surface area contributed by atoms with Gasteiger partial charge in [-0.25, -0.2) is 4.79 Å². The summed E-state index contributed by atoms with van der Waals surface area (Å²) in [6.45, 7) is -0.0829. The van der Waals surface area contributed by atoms with E-state index in [1.54, 1.807) is 24.3 Å². The van der Waals surface area contributed by atoms with Crippen molar-refractivity contribution in [3.63, 3.8) is 0 Å². The molecule has 0 aliphatic carbocycles. The second-order valence-corrected chi connectivity index (χ2v) is 4.54. The summed E-state index contributed by atoms with van der Waals surface area (Å²) in [6.07, 6.45) is 5.01. The van der Waals surface area contributed by atoms with Gasteiger partial charge < -0.3 is 14.9 Å². The van der Waals surface area contributed by atoms with Crippen molar-refractivity contribution in [1.82, 2.24) is 0 Å². The third-order valence-electron chi connectivity index (χ3n) is 2.35. The van der Waals surface area contributed by atoms with Crippen LogP contribution in [0.2, 0.25) is 0 Å². The number of hydrogen-bond donors (Lipinski definition) is 1. The van der Waals surface area contributed by atoms with E-state index in [0.29, 0.717) is 11.4 Å². The van der Waals surface area contributed by atoms with E-state index in [4.69, 9.17) is 21.3 Å². The van der Waals surface area contributed by atoms with Crippen LogP contribution < -0.4 is 5.73 Å². The van der Waals surface area contributed by atoms with Crippen LogP contribution in [0.25, 0.3) is 11.3 Å². The smallest absolute Gasteiger partial charge is 0.375 e. The van der Waals surface area contributed by atoms with Crippen molar-refractivity contribution in [2.75, 3.05) is 12.3 Å². The molecule has 1 heterocycles. The molecular formula is C14H10BrNO3. The monoisotopic (exact) mass is 319 g/mol. The largest absolute Gasteiger partial charge is 0.449 e. The number of benzene rings is 1. The number of hydrogen-bond acceptors (Lipinski definition) is 4. The summed E-state index contributed by atoms with van der Waals surface area (Å²) in [6, 6.07) is 8.53. The molecule has 2 aromatic rings. The molecule has 1 aromatic carbocycles. The van der Waals surface area contributed by atoms with Gasteiger partial charge in [-0.05, 0) is 46.3 Å². The standard InChI is InChI=1S/C14H10BrNO3/c1-2-7-18-14(17)13-6-5-12(19-13)10-4-3-9(16)8-11(10)15/h1,3-6,8H,7,16H2. The zero-order valence-corrected chi connectivity index (χ0v) is 11.4. The molecule has 5 heteroatoms. The van der Waals surface area contributed by atoms with Gasteiger partial charge in [-0.1, -0.05) is 5.92 Å². The molecule has 0 radical (unpaired) electrons. The van der Waals surface area contributed by atoms with Crippen molar-refractivity contribution in [3.8, 4) is 23.7 Å². The van der Waals surface area contributed by atoms with Gasteiger partial charge in [0.15, 0.2) is 6.61 Å². The molecule has 0 saturated carbocycles. The van der Waals surface area contributed by atoms with E-state index in [2.05, 4.69) is 21.9 Å². The molecule has 0 fully saturated rings. The lowest BCUT2D eigenvalue weighted by Gasteiger charge is -2.02. The Morgan fingerprint density at radius 1 is 1.42 bits per heavy atom. The molecule has 0 aliphatic rings. The second kappa shape index (κ2) is 5.63. The van der Waals surface area contributed by atoms with Crippen molar-refractivity contribution in [2.24, 2.45) is 0 Å². The van der Waals surface area contributed by atoms with E-state index in [-0.39, 0.29) is 12.4 Å². The normalized spacial score (nSPS) is 9.89. The van der Waals surface area contributed by atoms with Gasteiger partial charge in [0.1, 0.15) is 5.76 Å². The van der Waals surface area contributed by atoms with Crippen LogP contribution in [-0.2, 0) is 4.74 Å². The van der Waals surface area contributed by atoms with Crippen molar-refractivity contribution in [1.29, 1.82) is 0 Å². The fourth-order valence-corrected chi connectivity index (χ4v) is 2.09. The van der Waals surface area contributed by atoms with Gasteiger partial charge >= 0.3 is 5.97 Å². The van der Waals surface area contributed by atoms with Crippen LogP contribution in [0.1, 0.15) is 10.6 Å². The summed E-state index contributed by atoms with van der Waals surface area (Å²) in [4.78, 5) is 11.5. The Morgan fingerprint density at radius 2 is 2.21 bits per heavy atom. The summed E-state index contributed by atoms with van der Waals surface area (Å²) in [5.74, 6) is 2.28. The number of carbonyl (C=O) groups is 1. The number of anilines is 1. The van der Waals surface area contributed by atoms with Gasteiger partial charge in [0.25, 0.3) is 0 Å². The maximum atomic E-state index is 11.5. The number of nitrogens with two attached hydrogens (primary N) is 1. The minimum absolute atomic E-state index is 0.0829. The molecule has 96 valence electrons. The SMILES string of the molecule is C#CCOC(=O)c1ccc(-c2ccc(N)cc2Br)o1. The van der Waals surface area contributed by atoms with E-state index in [0.717, 1.165) is 10.0 Å². The van der Waals surface area contributed by atoms with Crippen LogP contribution in [0.4, 0.5) is 5.69 Å². The topological polar surface area (TPSA) is 65.5 Å². The first-order valence-corrected chi connectivity index (χ1v) is 6.17. The quantitative estimate of drug-likeness (QED) is 0.536. The molecule has 2 N–H and O–H groups in total. The van der Waals surface area contributed by atoms with Crippen molar-refractivity contribution in [2.45, 2.75) is 0 Å². The summed E-state index contributed by atoms with van der Waals surface area (Å²) < 4.78 is 11.0. The maximum Gasteiger partial charge on any atom is 0.375 e. The van der Waals surface area contributed by atoms with Crippen LogP contribution in [0, 0.1) is 12.3 Å². The van der Waals surface area contributed by atoms with Crippen LogP contribution >= 0.6 is 15.9 Å². The lowest BCUT2D eigenvalue weighted by molar-refractivity contribution is 0.0521. The molecular weight excluding hydrogens is 310 g/mol. The van der Waals surface area contributed by atoms with Crippen LogP contribution in [0.15, 0.2) is 39.2 Å². The second-order valence-electron chi connectivity index (χ2n) is 3.68. The third-order valence-corrected chi connectivity index (χ3v) is 3.01. The number of carbonyl (C=O) groups excluding carboxylic acids is 1. The minimum Gasteiger partial charge on any atom is -0.449 e. The molecule has 0 atom stereocenters. The number of halogens is 1. The molecule has 19 heavy (non-hydrogen) atoms. The van der Waals surface area contributed by atoms with Gasteiger partial charge in [0.2, 0.25) is 5.76 Å². The average Bonchev–Trinajstić information content (AvgIpc) is 2.85. The zero-order chi connectivity index (χ0) is 13.8. The maximum absolute atomic E-state index is 11.5. The van der Waals surface area contributed by atoms with Crippen molar-refractivity contribution < 1.29 is 13.9 Å². The number of rotatable bonds is 3. The Bertz CT molecular complexity index is 655. The predicted molar refractivity (Wildman–Crippen MR) is 75.4 cm³/mol. The molecule has 1 aromatic heterocycles. The minimum atomic E-state index is -0.587. The summed E-state index contributed by atoms with van der Waals surface area (Å²) in [5, 5.41) is 0. The van der Waals surface area contributed by atoms with Gasteiger partial charge in [0, 0.05) is 15.7 Å². The molecule has 0 amide bonds. The highest BCUT2D eigenvalue weighted by Gasteiger charge is 2.14. The van der Waals surface area contributed by atoms with Gasteiger partial charge in [-0.15, -0.1) is 6.42 Å². The lowest BCUT2D eigenvalue weighted by Crippen LogP contribution is -2.03. The average molecular weight is 320 g/mol. The van der Waals surface area contributed by atoms with Gasteiger partial charge in [-0.2, -0.15) is 0 Å². The summed E-state index contributed by atoms with van der Waals surface area (Å²) in [5.41, 5.74) is 7.09. The number of ether oxygens (including phenoxy) is 1. The molecule has 0 bridgehead atoms. The van der Waals surface area contributed by atoms with E-state index < -0.39 is 5.97 Å². The number of furan rings is 1. The van der Waals surface area contributed by atoms with Crippen LogP contribution in [0.5, 0.6) is 0 Å². The first-order chi connectivity index (χ1) is 9.11. The molecule has 0 spiro atoms. The molecule has 0 unspecified atom stereocenters. The van der Waals surface area contributed by atoms with Crippen molar-refractivity contribution in [3.05, 3.63) is 40.6 Å². The Hall–Kier alpha value is -2.19. The zero-order valence-electron chi connectivity index (χ0n) is 9.85. The fourth-order valence-electron chi connectivity index (χ4n) is 1.50. The summed E-state index contributed by atoms with van der Waals surface area (Å²) >= 11 is 3.39. The number of esters is 1. The Kier molecular flexibility index (Phi) is 3.93. The first kappa shape index (κ1) is 13.2. The van der Waals surface area contributed by atoms with E-state index in [9.17, 15) is 4.79 Å². The lowest BCUT2D eigenvalue weighted by atomic mass is 10.1. The number of terminal acetylenes is 1. The van der Waals surface area contributed by atoms with E-state index >= 15 is 0 Å². The van der Waals surface area contributed by atoms with Gasteiger partial charge in [-0.3, -0.25) is 0 Å². The first-order valence-electron chi connectivity index (χ1n) is 5.37. The Labute approximate surface area is 118 Å². The molecule has 0 aliphatic heterocycles. The Balaban J connectivity index is 2.26. The van der Waals surface area contributed by atoms with E-state index in [1.165, 1.54) is 6.07 Å². The van der Waals surface area contributed by atoms with Gasteiger partial charge in [0.05, 0.1) is 0 Å². The van der Waals surface area contributed by atoms with E-state index in [1.807, 2.05) is 0 Å². The molecule has 4 nitrogen and oxygen atoms in total. The summed E-state index contributed by atoms with van der Waals surface area (Å²) in [7, 11) is 0. The molecule has 2 rings (SSSR count). The Morgan fingerprint density at radius 3 is 2.89 bits per heavy atom. The number of nitrogen functional groups attached to an aromatic ring is 1. The third kappa shape index (κ3) is 2.98. The molecule has 0 saturated heterocycles. The predicted octanol–water partition coefficient (Wildman–Crippen LogP) is 3.08. The van der Waals surface area contributed by atoms with Crippen LogP contribution in [0.3, 0.4) is 0 Å². The highest BCUT2D eigenvalue weighted by atomic mass is 79.9. The van der Waals surface area contributed by atoms with Crippen molar-refractivity contribution >= 4 is 27.6 Å². The fraction of sp³-hybridized carbons (Fsp3) is 0.0714.